The van der Waals surface area contributed by atoms with E-state index in [0.717, 1.165) is 18.5 Å². The first-order valence-corrected chi connectivity index (χ1v) is 6.30. The number of nitrogens with zero attached hydrogens (tertiary/aromatic N) is 1. The van der Waals surface area contributed by atoms with Gasteiger partial charge < -0.3 is 5.11 Å². The van der Waals surface area contributed by atoms with Crippen molar-refractivity contribution in [1.29, 1.82) is 0 Å². The number of carboxylic acid groups (broad SMARTS) is 1. The molecular weight excluding hydrogens is 226 g/mol. The molecule has 3 atom stereocenters. The molecule has 90 valence electrons. The van der Waals surface area contributed by atoms with Gasteiger partial charge in [0, 0.05) is 18.6 Å². The van der Waals surface area contributed by atoms with Gasteiger partial charge in [-0.3, -0.25) is 9.69 Å². The number of likely N-dealkylation sites (tertiary alicyclic amines) is 1. The smallest absolute Gasteiger partial charge is 0.321 e. The van der Waals surface area contributed by atoms with Crippen LogP contribution in [0.3, 0.4) is 0 Å². The molecule has 1 aliphatic carbocycles. The third-order valence-electron chi connectivity index (χ3n) is 3.88. The molecule has 0 radical (unpaired) electrons. The molecule has 1 N–H and O–H groups in total. The van der Waals surface area contributed by atoms with Crippen LogP contribution in [0.25, 0.3) is 0 Å². The highest BCUT2D eigenvalue weighted by Crippen LogP contribution is 2.42. The van der Waals surface area contributed by atoms with E-state index in [4.69, 9.17) is 11.6 Å². The number of fused-ring (bicyclic) bond motifs is 1. The molecule has 0 bridgehead atoms. The zero-order valence-corrected chi connectivity index (χ0v) is 10.3. The summed E-state index contributed by atoms with van der Waals surface area (Å²) in [5, 5.41) is 9.32. The lowest BCUT2D eigenvalue weighted by molar-refractivity contribution is -0.143. The summed E-state index contributed by atoms with van der Waals surface area (Å²) in [4.78, 5) is 13.4. The summed E-state index contributed by atoms with van der Waals surface area (Å²) in [5.41, 5.74) is 2.58. The monoisotopic (exact) mass is 243 g/mol. The fraction of sp³-hybridized carbons (Fsp3) is 0.750. The molecule has 0 amide bonds. The van der Waals surface area contributed by atoms with Crippen molar-refractivity contribution in [2.24, 2.45) is 11.8 Å². The Balaban J connectivity index is 2.10. The Morgan fingerprint density at radius 2 is 2.31 bits per heavy atom. The Labute approximate surface area is 101 Å². The second kappa shape index (κ2) is 4.76. The van der Waals surface area contributed by atoms with Crippen molar-refractivity contribution in [3.63, 3.8) is 0 Å². The van der Waals surface area contributed by atoms with Gasteiger partial charge in [-0.05, 0) is 37.2 Å². The van der Waals surface area contributed by atoms with E-state index in [1.54, 1.807) is 5.54 Å². The third kappa shape index (κ3) is 2.11. The normalized spacial score (nSPS) is 35.4. The molecular formula is C12H18ClNO2. The average Bonchev–Trinajstić information content (AvgIpc) is 2.76. The predicted molar refractivity (Wildman–Crippen MR) is 63.4 cm³/mol. The van der Waals surface area contributed by atoms with Gasteiger partial charge in [0.05, 0.1) is 0 Å². The van der Waals surface area contributed by atoms with Crippen molar-refractivity contribution < 1.29 is 9.90 Å². The lowest BCUT2D eigenvalue weighted by Gasteiger charge is -2.24. The van der Waals surface area contributed by atoms with Gasteiger partial charge in [-0.25, -0.2) is 0 Å². The molecule has 16 heavy (non-hydrogen) atoms. The van der Waals surface area contributed by atoms with Crippen LogP contribution in [0.1, 0.15) is 26.2 Å². The highest BCUT2D eigenvalue weighted by molar-refractivity contribution is 6.25. The molecule has 3 unspecified atom stereocenters. The fourth-order valence-electron chi connectivity index (χ4n) is 3.25. The number of carboxylic acids is 1. The van der Waals surface area contributed by atoms with Crippen molar-refractivity contribution in [1.82, 2.24) is 4.90 Å². The van der Waals surface area contributed by atoms with Crippen LogP contribution in [0.2, 0.25) is 0 Å². The number of carbonyl (C=O) groups is 1. The number of aliphatic carboxylic acids is 1. The second-order valence-corrected chi connectivity index (χ2v) is 5.24. The molecule has 4 heteroatoms. The SMILES string of the molecule is CC(=CCl)CN1CC2CCCC2C1C(=O)O. The van der Waals surface area contributed by atoms with Crippen molar-refractivity contribution in [2.75, 3.05) is 13.1 Å². The van der Waals surface area contributed by atoms with Crippen molar-refractivity contribution in [3.05, 3.63) is 11.1 Å². The molecule has 2 rings (SSSR count). The Morgan fingerprint density at radius 1 is 1.56 bits per heavy atom. The highest BCUT2D eigenvalue weighted by Gasteiger charge is 2.47. The summed E-state index contributed by atoms with van der Waals surface area (Å²) in [6.45, 7) is 3.55. The van der Waals surface area contributed by atoms with E-state index in [1.165, 1.54) is 12.8 Å². The van der Waals surface area contributed by atoms with Gasteiger partial charge in [-0.1, -0.05) is 18.0 Å². The molecule has 0 aromatic carbocycles. The summed E-state index contributed by atoms with van der Waals surface area (Å²) in [6.07, 6.45) is 3.45. The van der Waals surface area contributed by atoms with E-state index >= 15 is 0 Å². The summed E-state index contributed by atoms with van der Waals surface area (Å²) in [5.74, 6) is 0.279. The molecule has 2 fully saturated rings. The van der Waals surface area contributed by atoms with E-state index in [-0.39, 0.29) is 6.04 Å². The Morgan fingerprint density at radius 3 is 2.94 bits per heavy atom. The maximum absolute atomic E-state index is 11.3. The Kier molecular flexibility index (Phi) is 3.55. The maximum atomic E-state index is 11.3. The molecule has 1 heterocycles. The molecule has 0 aromatic heterocycles. The second-order valence-electron chi connectivity index (χ2n) is 5.02. The quantitative estimate of drug-likeness (QED) is 0.827. The molecule has 0 aromatic rings. The maximum Gasteiger partial charge on any atom is 0.321 e. The topological polar surface area (TPSA) is 40.5 Å². The molecule has 0 spiro atoms. The van der Waals surface area contributed by atoms with Crippen LogP contribution >= 0.6 is 11.6 Å². The predicted octanol–water partition coefficient (Wildman–Crippen LogP) is 2.31. The van der Waals surface area contributed by atoms with Crippen LogP contribution in [-0.2, 0) is 4.79 Å². The van der Waals surface area contributed by atoms with Gasteiger partial charge in [0.2, 0.25) is 0 Å². The largest absolute Gasteiger partial charge is 0.480 e. The lowest BCUT2D eigenvalue weighted by atomic mass is 9.94. The number of halogens is 1. The van der Waals surface area contributed by atoms with E-state index in [1.807, 2.05) is 6.92 Å². The van der Waals surface area contributed by atoms with E-state index < -0.39 is 5.97 Å². The Hall–Kier alpha value is -0.540. The van der Waals surface area contributed by atoms with Gasteiger partial charge in [0.1, 0.15) is 6.04 Å². The zero-order valence-electron chi connectivity index (χ0n) is 9.53. The molecule has 1 aliphatic heterocycles. The third-order valence-corrected chi connectivity index (χ3v) is 4.25. The molecule has 1 saturated carbocycles. The molecule has 3 nitrogen and oxygen atoms in total. The van der Waals surface area contributed by atoms with Crippen LogP contribution in [-0.4, -0.2) is 35.1 Å². The van der Waals surface area contributed by atoms with Gasteiger partial charge in [0.15, 0.2) is 0 Å². The average molecular weight is 244 g/mol. The molecule has 1 saturated heterocycles. The van der Waals surface area contributed by atoms with Crippen LogP contribution in [0.5, 0.6) is 0 Å². The lowest BCUT2D eigenvalue weighted by Crippen LogP contribution is -2.40. The van der Waals surface area contributed by atoms with Crippen LogP contribution in [0.15, 0.2) is 11.1 Å². The van der Waals surface area contributed by atoms with Crippen molar-refractivity contribution in [3.8, 4) is 0 Å². The Bertz CT molecular complexity index is 316. The van der Waals surface area contributed by atoms with Gasteiger partial charge in [-0.2, -0.15) is 0 Å². The summed E-state index contributed by atoms with van der Waals surface area (Å²) < 4.78 is 0. The van der Waals surface area contributed by atoms with E-state index in [0.29, 0.717) is 18.4 Å². The van der Waals surface area contributed by atoms with Crippen LogP contribution in [0.4, 0.5) is 0 Å². The summed E-state index contributed by atoms with van der Waals surface area (Å²) in [6, 6.07) is -0.293. The zero-order chi connectivity index (χ0) is 11.7. The number of rotatable bonds is 3. The van der Waals surface area contributed by atoms with E-state index in [2.05, 4.69) is 4.90 Å². The van der Waals surface area contributed by atoms with Crippen molar-refractivity contribution in [2.45, 2.75) is 32.2 Å². The number of hydrogen-bond donors (Lipinski definition) is 1. The minimum atomic E-state index is -0.670. The van der Waals surface area contributed by atoms with Gasteiger partial charge in [0.25, 0.3) is 0 Å². The summed E-state index contributed by atoms with van der Waals surface area (Å²) >= 11 is 5.64. The highest BCUT2D eigenvalue weighted by atomic mass is 35.5. The van der Waals surface area contributed by atoms with Gasteiger partial charge >= 0.3 is 5.97 Å². The first-order valence-electron chi connectivity index (χ1n) is 5.86. The van der Waals surface area contributed by atoms with E-state index in [9.17, 15) is 9.90 Å². The summed E-state index contributed by atoms with van der Waals surface area (Å²) in [7, 11) is 0. The standard InChI is InChI=1S/C12H18ClNO2/c1-8(5-13)6-14-7-9-3-2-4-10(9)11(14)12(15)16/h5,9-11H,2-4,6-7H2,1H3,(H,15,16). The first-order chi connectivity index (χ1) is 7.63. The first kappa shape index (κ1) is 11.9. The minimum absolute atomic E-state index is 0.293. The van der Waals surface area contributed by atoms with Gasteiger partial charge in [-0.15, -0.1) is 0 Å². The van der Waals surface area contributed by atoms with Crippen LogP contribution < -0.4 is 0 Å². The molecule has 2 aliphatic rings. The van der Waals surface area contributed by atoms with Crippen LogP contribution in [0, 0.1) is 11.8 Å². The number of hydrogen-bond acceptors (Lipinski definition) is 2. The van der Waals surface area contributed by atoms with Crippen molar-refractivity contribution >= 4 is 17.6 Å². The fourth-order valence-corrected chi connectivity index (χ4v) is 3.32. The minimum Gasteiger partial charge on any atom is -0.480 e.